The van der Waals surface area contributed by atoms with Crippen LogP contribution in [0, 0.1) is 94.3 Å². The number of carbonyl (C=O) groups is 2. The van der Waals surface area contributed by atoms with E-state index < -0.39 is 47.0 Å². The van der Waals surface area contributed by atoms with Crippen LogP contribution in [-0.2, 0) is 9.59 Å². The maximum atomic E-state index is 15.6. The molecule has 0 amide bonds. The normalized spacial score (nSPS) is 14.5. The van der Waals surface area contributed by atoms with Gasteiger partial charge in [-0.2, -0.15) is 0 Å². The van der Waals surface area contributed by atoms with Gasteiger partial charge in [-0.15, -0.1) is 0 Å². The fraction of sp³-hybridized carbons (Fsp3) is 0.505. The quantitative estimate of drug-likeness (QED) is 0.00932. The first-order valence-corrected chi connectivity index (χ1v) is 41.6. The lowest BCUT2D eigenvalue weighted by atomic mass is 9.83. The Balaban J connectivity index is 1.00. The zero-order valence-electron chi connectivity index (χ0n) is 65.6. The number of halogens is 4. The maximum Gasteiger partial charge on any atom is 0.315 e. The fourth-order valence-electron chi connectivity index (χ4n) is 14.1. The maximum absolute atomic E-state index is 15.6. The van der Waals surface area contributed by atoms with Crippen molar-refractivity contribution in [2.45, 2.75) is 265 Å². The average molecular weight is 1490 g/mol. The first-order valence-electron chi connectivity index (χ1n) is 41.6. The van der Waals surface area contributed by atoms with Gasteiger partial charge in [0.05, 0.1) is 49.4 Å². The highest BCUT2D eigenvalue weighted by atomic mass is 19.1. The zero-order valence-corrected chi connectivity index (χ0v) is 65.6. The molecule has 6 aromatic rings. The Morgan fingerprint density at radius 2 is 0.505 bits per heavy atom. The second kappa shape index (κ2) is 50.1. The lowest BCUT2D eigenvalue weighted by Gasteiger charge is -2.25. The van der Waals surface area contributed by atoms with Crippen LogP contribution < -0.4 is 28.4 Å². The Morgan fingerprint density at radius 3 is 0.752 bits per heavy atom. The third kappa shape index (κ3) is 30.9. The van der Waals surface area contributed by atoms with Crippen molar-refractivity contribution < 1.29 is 55.6 Å². The van der Waals surface area contributed by atoms with Crippen molar-refractivity contribution in [1.29, 1.82) is 0 Å². The zero-order chi connectivity index (χ0) is 76.9. The summed E-state index contributed by atoms with van der Waals surface area (Å²) in [6.45, 7) is 10.5. The number of ether oxygens (including phenoxy) is 6. The van der Waals surface area contributed by atoms with Gasteiger partial charge in [0.1, 0.15) is 11.5 Å². The Kier molecular flexibility index (Phi) is 39.4. The molecule has 0 heterocycles. The minimum Gasteiger partial charge on any atom is -0.491 e. The van der Waals surface area contributed by atoms with E-state index in [4.69, 9.17) is 28.4 Å². The van der Waals surface area contributed by atoms with Crippen LogP contribution in [0.25, 0.3) is 0 Å². The summed E-state index contributed by atoms with van der Waals surface area (Å²) in [5.74, 6) is 18.9. The topological polar surface area (TPSA) is 89.5 Å². The number of carbonyl (C=O) groups excluding carboxylic acids is 2. The lowest BCUT2D eigenvalue weighted by Crippen LogP contribution is -2.37. The summed E-state index contributed by atoms with van der Waals surface area (Å²) in [6.07, 6.45) is 46.1. The lowest BCUT2D eigenvalue weighted by molar-refractivity contribution is -0.151. The Morgan fingerprint density at radius 1 is 0.284 bits per heavy atom. The van der Waals surface area contributed by atoms with Gasteiger partial charge in [0.25, 0.3) is 0 Å². The van der Waals surface area contributed by atoms with Crippen LogP contribution in [0.15, 0.2) is 121 Å². The fourth-order valence-corrected chi connectivity index (χ4v) is 14.1. The van der Waals surface area contributed by atoms with Crippen molar-refractivity contribution >= 4 is 11.9 Å². The molecule has 2 bridgehead atoms. The summed E-state index contributed by atoms with van der Waals surface area (Å²) in [6, 6.07) is 28.2. The SMILES string of the molecule is CCCCCCCCCCCOc1ccc(C#Cc2ccc(C#Cc3ccc(OCCCCCCCCCCC)c(F)c3)c(OC(=O)[C@H]3[C@H](C(=O)Oc4cc(C#Cc5ccc(OCCCCCCCCCCC)c(F)c5)ccc4C#Cc4ccc(OCCCCCCCCCCC)c(F)c4)[C@H]4C=C[C@@H]3C4)c2)cc1F. The minimum atomic E-state index is -1.01. The van der Waals surface area contributed by atoms with Crippen molar-refractivity contribution in [3.63, 3.8) is 0 Å². The van der Waals surface area contributed by atoms with Gasteiger partial charge in [0.2, 0.25) is 0 Å². The molecule has 6 aromatic carbocycles. The van der Waals surface area contributed by atoms with Crippen molar-refractivity contribution in [3.05, 3.63) is 189 Å². The van der Waals surface area contributed by atoms with Gasteiger partial charge >= 0.3 is 11.9 Å². The molecular weight excluding hydrogens is 1370 g/mol. The van der Waals surface area contributed by atoms with Crippen LogP contribution in [-0.4, -0.2) is 38.4 Å². The molecule has 0 spiro atoms. The average Bonchev–Trinajstić information content (AvgIpc) is 1.61. The van der Waals surface area contributed by atoms with Crippen LogP contribution in [0.2, 0.25) is 0 Å². The number of unbranched alkanes of at least 4 members (excludes halogenated alkanes) is 32. The van der Waals surface area contributed by atoms with Gasteiger partial charge in [-0.1, -0.05) is 293 Å². The highest BCUT2D eigenvalue weighted by Crippen LogP contribution is 2.49. The number of rotatable bonds is 48. The molecule has 109 heavy (non-hydrogen) atoms. The van der Waals surface area contributed by atoms with E-state index in [0.717, 1.165) is 77.0 Å². The Bertz CT molecular complexity index is 3810. The van der Waals surface area contributed by atoms with Gasteiger partial charge in [-0.05, 0) is 153 Å². The molecule has 12 heteroatoms. The van der Waals surface area contributed by atoms with E-state index in [9.17, 15) is 0 Å². The summed E-state index contributed by atoms with van der Waals surface area (Å²) in [4.78, 5) is 30.1. The molecule has 8 nitrogen and oxygen atoms in total. The third-order valence-electron chi connectivity index (χ3n) is 20.5. The van der Waals surface area contributed by atoms with Crippen LogP contribution in [0.1, 0.15) is 310 Å². The van der Waals surface area contributed by atoms with Gasteiger partial charge < -0.3 is 28.4 Å². The van der Waals surface area contributed by atoms with E-state index in [1.807, 2.05) is 12.2 Å². The Labute approximate surface area is 650 Å². The number of fused-ring (bicyclic) bond motifs is 2. The van der Waals surface area contributed by atoms with Gasteiger partial charge in [-0.25, -0.2) is 17.6 Å². The molecule has 2 aliphatic carbocycles. The molecular formula is C97H118F4O8. The summed E-state index contributed by atoms with van der Waals surface area (Å²) in [7, 11) is 0. The summed E-state index contributed by atoms with van der Waals surface area (Å²) in [5, 5.41) is 0. The number of hydrogen-bond donors (Lipinski definition) is 0. The Hall–Kier alpha value is -8.84. The molecule has 582 valence electrons. The molecule has 0 aromatic heterocycles. The largest absolute Gasteiger partial charge is 0.491 e. The molecule has 0 saturated heterocycles. The highest BCUT2D eigenvalue weighted by Gasteiger charge is 2.53. The summed E-state index contributed by atoms with van der Waals surface area (Å²) < 4.78 is 98.4. The molecule has 1 saturated carbocycles. The smallest absolute Gasteiger partial charge is 0.315 e. The predicted octanol–water partition coefficient (Wildman–Crippen LogP) is 25.4. The van der Waals surface area contributed by atoms with E-state index in [0.29, 0.717) is 66.2 Å². The van der Waals surface area contributed by atoms with Crippen LogP contribution in [0.5, 0.6) is 34.5 Å². The molecule has 2 aliphatic rings. The second-order valence-corrected chi connectivity index (χ2v) is 29.6. The molecule has 8 rings (SSSR count). The van der Waals surface area contributed by atoms with E-state index in [-0.39, 0.29) is 57.5 Å². The summed E-state index contributed by atoms with van der Waals surface area (Å²) >= 11 is 0. The van der Waals surface area contributed by atoms with E-state index in [2.05, 4.69) is 75.1 Å². The van der Waals surface area contributed by atoms with Gasteiger partial charge in [-0.3, -0.25) is 9.59 Å². The molecule has 4 atom stereocenters. The molecule has 1 fully saturated rings. The summed E-state index contributed by atoms with van der Waals surface area (Å²) in [5.41, 5.74) is 2.94. The van der Waals surface area contributed by atoms with Crippen LogP contribution in [0.4, 0.5) is 17.6 Å². The number of esters is 2. The second-order valence-electron chi connectivity index (χ2n) is 29.6. The van der Waals surface area contributed by atoms with Crippen molar-refractivity contribution in [1.82, 2.24) is 0 Å². The van der Waals surface area contributed by atoms with Crippen molar-refractivity contribution in [2.24, 2.45) is 23.7 Å². The van der Waals surface area contributed by atoms with Crippen molar-refractivity contribution in [2.75, 3.05) is 26.4 Å². The number of hydrogen-bond acceptors (Lipinski definition) is 8. The molecule has 0 unspecified atom stereocenters. The highest BCUT2D eigenvalue weighted by molar-refractivity contribution is 5.87. The number of allylic oxidation sites excluding steroid dienone is 2. The minimum absolute atomic E-state index is 0.0470. The predicted molar refractivity (Wildman–Crippen MR) is 432 cm³/mol. The number of benzene rings is 6. The van der Waals surface area contributed by atoms with E-state index >= 15 is 27.2 Å². The third-order valence-corrected chi connectivity index (χ3v) is 20.5. The van der Waals surface area contributed by atoms with E-state index in [1.165, 1.54) is 178 Å². The van der Waals surface area contributed by atoms with Gasteiger partial charge in [0.15, 0.2) is 46.3 Å². The molecule has 0 aliphatic heterocycles. The molecule has 0 radical (unpaired) electrons. The molecule has 0 N–H and O–H groups in total. The standard InChI is InChI=1S/C97H118F4O8/c1-5-9-13-17-21-25-29-33-37-63-104-88-59-49-74(67-84(88)98)41-43-78-47-55-80(53-45-76-51-61-90(86(100)69-76)106-65-39-35-31-27-23-19-15-11-7-3)92(71-78)108-96(102)94-82-57-58-83(73-82)95(94)97(103)109-93-72-79(44-42-75-50-60-89(85(99)68-75)105-64-38-34-30-26-22-18-14-10-6-2)48-56-81(93)54-46-77-52-62-91(87(101)70-77)107-66-40-36-32-28-24-20-16-12-8-4/h47-52,55-62,67-72,82-83,94-95H,5-40,63-66,73H2,1-4H3/t82-,83+,94-,95-/m1/s1. The van der Waals surface area contributed by atoms with Gasteiger partial charge in [0, 0.05) is 33.4 Å². The van der Waals surface area contributed by atoms with Crippen LogP contribution >= 0.6 is 0 Å². The first-order chi connectivity index (χ1) is 53.4. The van der Waals surface area contributed by atoms with E-state index in [1.54, 1.807) is 84.9 Å². The van der Waals surface area contributed by atoms with Crippen LogP contribution in [0.3, 0.4) is 0 Å². The van der Waals surface area contributed by atoms with Crippen molar-refractivity contribution in [3.8, 4) is 81.9 Å². The first kappa shape index (κ1) is 85.8. The monoisotopic (exact) mass is 1490 g/mol.